The zero-order valence-electron chi connectivity index (χ0n) is 9.39. The molecule has 0 bridgehead atoms. The van der Waals surface area contributed by atoms with Crippen molar-refractivity contribution in [2.24, 2.45) is 5.92 Å². The summed E-state index contributed by atoms with van der Waals surface area (Å²) in [5, 5.41) is 0. The lowest BCUT2D eigenvalue weighted by Gasteiger charge is -2.21. The van der Waals surface area contributed by atoms with Gasteiger partial charge in [-0.15, -0.1) is 0 Å². The molecule has 0 aliphatic carbocycles. The molecule has 1 rings (SSSR count). The number of carbonyl (C=O) groups excluding carboxylic acids is 1. The third-order valence-electron chi connectivity index (χ3n) is 2.22. The number of methoxy groups -OCH3 is 1. The fourth-order valence-electron chi connectivity index (χ4n) is 1.47. The van der Waals surface area contributed by atoms with Crippen LogP contribution in [0.1, 0.15) is 19.9 Å². The van der Waals surface area contributed by atoms with Gasteiger partial charge in [-0.1, -0.05) is 13.8 Å². The topological polar surface area (TPSA) is 64.1 Å². The number of nitrogens with zero attached hydrogens (tertiary/aromatic N) is 1. The lowest BCUT2D eigenvalue weighted by molar-refractivity contribution is -0.146. The third kappa shape index (κ3) is 2.57. The Labute approximate surface area is 98.1 Å². The summed E-state index contributed by atoms with van der Waals surface area (Å²) in [6.45, 7) is 3.77. The van der Waals surface area contributed by atoms with Crippen LogP contribution in [0, 0.1) is 10.7 Å². The maximum absolute atomic E-state index is 11.6. The molecule has 1 heterocycles. The zero-order chi connectivity index (χ0) is 12.3. The number of aromatic nitrogens is 2. The van der Waals surface area contributed by atoms with Crippen LogP contribution in [0.4, 0.5) is 0 Å². The minimum absolute atomic E-state index is 0.0186. The molecule has 1 aromatic heterocycles. The van der Waals surface area contributed by atoms with Gasteiger partial charge in [-0.3, -0.25) is 9.78 Å². The molecule has 1 N–H and O–H groups in total. The van der Waals surface area contributed by atoms with Crippen LogP contribution >= 0.6 is 12.2 Å². The molecular formula is C10H14N2O3S. The Kier molecular flexibility index (Phi) is 4.00. The highest BCUT2D eigenvalue weighted by atomic mass is 32.1. The van der Waals surface area contributed by atoms with Gasteiger partial charge in [-0.2, -0.15) is 0 Å². The van der Waals surface area contributed by atoms with Crippen molar-refractivity contribution in [1.82, 2.24) is 9.55 Å². The molecule has 1 atom stereocenters. The molecule has 0 saturated carbocycles. The molecule has 0 aliphatic heterocycles. The molecule has 0 spiro atoms. The van der Waals surface area contributed by atoms with E-state index in [-0.39, 0.29) is 22.2 Å². The second-order valence-electron chi connectivity index (χ2n) is 3.73. The first-order valence-corrected chi connectivity index (χ1v) is 5.27. The predicted molar refractivity (Wildman–Crippen MR) is 61.8 cm³/mol. The van der Waals surface area contributed by atoms with Crippen LogP contribution < -0.4 is 5.56 Å². The summed E-state index contributed by atoms with van der Waals surface area (Å²) in [5.74, 6) is -0.358. The standard InChI is InChI=1S/C10H14N2O3S/c1-6(2)8(9(14)15-3)12-5-4-7(13)11-10(12)16/h4-6,8H,1-3H3,(H,11,13,16). The first-order valence-electron chi connectivity index (χ1n) is 4.86. The third-order valence-corrected chi connectivity index (χ3v) is 2.54. The van der Waals surface area contributed by atoms with Gasteiger partial charge in [0.15, 0.2) is 4.77 Å². The number of carbonyl (C=O) groups is 1. The molecule has 1 unspecified atom stereocenters. The first-order chi connectivity index (χ1) is 7.47. The van der Waals surface area contributed by atoms with E-state index in [1.54, 1.807) is 0 Å². The number of hydrogen-bond donors (Lipinski definition) is 1. The van der Waals surface area contributed by atoms with Gasteiger partial charge >= 0.3 is 5.97 Å². The molecule has 5 nitrogen and oxygen atoms in total. The van der Waals surface area contributed by atoms with E-state index >= 15 is 0 Å². The van der Waals surface area contributed by atoms with Crippen LogP contribution in [0.15, 0.2) is 17.1 Å². The maximum Gasteiger partial charge on any atom is 0.329 e. The van der Waals surface area contributed by atoms with Gasteiger partial charge in [-0.05, 0) is 18.1 Å². The van der Waals surface area contributed by atoms with Gasteiger partial charge in [0.1, 0.15) is 6.04 Å². The molecule has 88 valence electrons. The molecular weight excluding hydrogens is 228 g/mol. The van der Waals surface area contributed by atoms with Crippen molar-refractivity contribution in [2.45, 2.75) is 19.9 Å². The highest BCUT2D eigenvalue weighted by Crippen LogP contribution is 2.18. The molecule has 0 fully saturated rings. The number of H-pyrrole nitrogens is 1. The normalized spacial score (nSPS) is 12.5. The summed E-state index contributed by atoms with van der Waals surface area (Å²) < 4.78 is 6.47. The summed E-state index contributed by atoms with van der Waals surface area (Å²) in [6, 6.07) is 0.808. The highest BCUT2D eigenvalue weighted by Gasteiger charge is 2.24. The first kappa shape index (κ1) is 12.6. The fraction of sp³-hybridized carbons (Fsp3) is 0.500. The fourth-order valence-corrected chi connectivity index (χ4v) is 1.75. The Hall–Kier alpha value is -1.43. The molecule has 6 heteroatoms. The van der Waals surface area contributed by atoms with Crippen molar-refractivity contribution in [1.29, 1.82) is 0 Å². The predicted octanol–water partition coefficient (Wildman–Crippen LogP) is 1.28. The molecule has 1 aromatic rings. The van der Waals surface area contributed by atoms with Crippen molar-refractivity contribution in [3.63, 3.8) is 0 Å². The van der Waals surface area contributed by atoms with E-state index in [2.05, 4.69) is 4.98 Å². The average molecular weight is 242 g/mol. The smallest absolute Gasteiger partial charge is 0.329 e. The van der Waals surface area contributed by atoms with Crippen LogP contribution in [0.3, 0.4) is 0 Å². The van der Waals surface area contributed by atoms with Gasteiger partial charge in [-0.25, -0.2) is 4.79 Å². The van der Waals surface area contributed by atoms with Gasteiger partial charge in [0.25, 0.3) is 5.56 Å². The second kappa shape index (κ2) is 5.07. The van der Waals surface area contributed by atoms with E-state index in [1.165, 1.54) is 23.9 Å². The number of nitrogens with one attached hydrogen (secondary N) is 1. The van der Waals surface area contributed by atoms with Crippen LogP contribution in [0.2, 0.25) is 0 Å². The van der Waals surface area contributed by atoms with E-state index in [9.17, 15) is 9.59 Å². The van der Waals surface area contributed by atoms with E-state index in [0.29, 0.717) is 0 Å². The van der Waals surface area contributed by atoms with E-state index in [4.69, 9.17) is 17.0 Å². The van der Waals surface area contributed by atoms with Gasteiger partial charge < -0.3 is 9.30 Å². The minimum Gasteiger partial charge on any atom is -0.467 e. The summed E-state index contributed by atoms with van der Waals surface area (Å²) in [5.41, 5.74) is -0.284. The van der Waals surface area contributed by atoms with E-state index in [1.807, 2.05) is 13.8 Å². The lowest BCUT2D eigenvalue weighted by atomic mass is 10.0. The maximum atomic E-state index is 11.6. The molecule has 0 aliphatic rings. The highest BCUT2D eigenvalue weighted by molar-refractivity contribution is 7.71. The largest absolute Gasteiger partial charge is 0.467 e. The molecule has 0 radical (unpaired) electrons. The van der Waals surface area contributed by atoms with Crippen LogP contribution in [0.5, 0.6) is 0 Å². The van der Waals surface area contributed by atoms with Crippen LogP contribution in [-0.2, 0) is 9.53 Å². The summed E-state index contributed by atoms with van der Waals surface area (Å²) >= 11 is 5.00. The Morgan fingerprint density at radius 1 is 1.56 bits per heavy atom. The summed E-state index contributed by atoms with van der Waals surface area (Å²) in [7, 11) is 1.33. The quantitative estimate of drug-likeness (QED) is 0.640. The zero-order valence-corrected chi connectivity index (χ0v) is 10.2. The Bertz CT molecular complexity index is 489. The summed E-state index contributed by atoms with van der Waals surface area (Å²) in [4.78, 5) is 25.1. The minimum atomic E-state index is -0.519. The average Bonchev–Trinajstić information content (AvgIpc) is 2.21. The Morgan fingerprint density at radius 2 is 2.19 bits per heavy atom. The van der Waals surface area contributed by atoms with E-state index in [0.717, 1.165) is 0 Å². The molecule has 0 saturated heterocycles. The van der Waals surface area contributed by atoms with Crippen molar-refractivity contribution in [3.05, 3.63) is 27.4 Å². The van der Waals surface area contributed by atoms with Crippen LogP contribution in [0.25, 0.3) is 0 Å². The number of esters is 1. The Morgan fingerprint density at radius 3 is 2.62 bits per heavy atom. The van der Waals surface area contributed by atoms with Crippen LogP contribution in [-0.4, -0.2) is 22.6 Å². The van der Waals surface area contributed by atoms with Gasteiger partial charge in [0.05, 0.1) is 7.11 Å². The molecule has 16 heavy (non-hydrogen) atoms. The number of aromatic amines is 1. The SMILES string of the molecule is COC(=O)C(C(C)C)n1ccc(=O)[nH]c1=S. The van der Waals surface area contributed by atoms with Gasteiger partial charge in [0.2, 0.25) is 0 Å². The Balaban J connectivity index is 3.27. The van der Waals surface area contributed by atoms with Gasteiger partial charge in [0, 0.05) is 12.3 Å². The number of hydrogen-bond acceptors (Lipinski definition) is 4. The van der Waals surface area contributed by atoms with E-state index < -0.39 is 6.04 Å². The second-order valence-corrected chi connectivity index (χ2v) is 4.12. The number of rotatable bonds is 3. The molecule has 0 amide bonds. The van der Waals surface area contributed by atoms with Crippen molar-refractivity contribution < 1.29 is 9.53 Å². The van der Waals surface area contributed by atoms with Crippen molar-refractivity contribution >= 4 is 18.2 Å². The molecule has 0 aromatic carbocycles. The van der Waals surface area contributed by atoms with Crippen molar-refractivity contribution in [3.8, 4) is 0 Å². The monoisotopic (exact) mass is 242 g/mol. The summed E-state index contributed by atoms with van der Waals surface area (Å²) in [6.07, 6.45) is 1.50. The number of ether oxygens (including phenoxy) is 1. The lowest BCUT2D eigenvalue weighted by Crippen LogP contribution is -2.27. The van der Waals surface area contributed by atoms with Crippen molar-refractivity contribution in [2.75, 3.05) is 7.11 Å².